The molecule has 3 amide bonds. The highest BCUT2D eigenvalue weighted by atomic mass is 16.2. The summed E-state index contributed by atoms with van der Waals surface area (Å²) in [5, 5.41) is 2.89. The molecular formula is C15H18N2O2. The molecule has 0 bridgehead atoms. The van der Waals surface area contributed by atoms with Gasteiger partial charge in [0.15, 0.2) is 0 Å². The molecule has 0 atom stereocenters. The highest BCUT2D eigenvalue weighted by Crippen LogP contribution is 2.40. The van der Waals surface area contributed by atoms with Crippen molar-refractivity contribution >= 4 is 17.6 Å². The van der Waals surface area contributed by atoms with E-state index in [4.69, 9.17) is 0 Å². The maximum Gasteiger partial charge on any atom is 0.328 e. The summed E-state index contributed by atoms with van der Waals surface area (Å²) >= 11 is 0. The lowest BCUT2D eigenvalue weighted by Gasteiger charge is -2.43. The van der Waals surface area contributed by atoms with Gasteiger partial charge in [0.05, 0.1) is 11.1 Å². The Kier molecular flexibility index (Phi) is 3.01. The Morgan fingerprint density at radius 1 is 1.00 bits per heavy atom. The molecule has 3 rings (SSSR count). The van der Waals surface area contributed by atoms with Crippen LogP contribution in [0.5, 0.6) is 0 Å². The number of carbonyl (C=O) groups excluding carboxylic acids is 2. The third-order valence-electron chi connectivity index (χ3n) is 4.26. The Bertz CT molecular complexity index is 492. The maximum absolute atomic E-state index is 12.8. The summed E-state index contributed by atoms with van der Waals surface area (Å²) < 4.78 is 0. The van der Waals surface area contributed by atoms with E-state index < -0.39 is 0 Å². The molecule has 0 aromatic heterocycles. The number of benzene rings is 1. The van der Waals surface area contributed by atoms with E-state index in [0.717, 1.165) is 25.7 Å². The molecule has 0 radical (unpaired) electrons. The summed E-state index contributed by atoms with van der Waals surface area (Å²) in [4.78, 5) is 26.1. The molecule has 1 saturated heterocycles. The number of urea groups is 1. The molecule has 1 aromatic rings. The van der Waals surface area contributed by atoms with Crippen LogP contribution in [0.15, 0.2) is 30.3 Å². The molecule has 1 aliphatic carbocycles. The second-order valence-corrected chi connectivity index (χ2v) is 5.48. The SMILES string of the molecule is O=C1NCC2(CCCCC2)C(=O)N1c1ccccc1. The minimum atomic E-state index is -0.373. The fourth-order valence-electron chi connectivity index (χ4n) is 3.16. The van der Waals surface area contributed by atoms with Gasteiger partial charge in [-0.15, -0.1) is 0 Å². The van der Waals surface area contributed by atoms with Crippen LogP contribution in [0.25, 0.3) is 0 Å². The van der Waals surface area contributed by atoms with Gasteiger partial charge in [0.25, 0.3) is 0 Å². The first-order valence-electron chi connectivity index (χ1n) is 6.90. The molecule has 4 nitrogen and oxygen atoms in total. The van der Waals surface area contributed by atoms with Crippen LogP contribution in [0.4, 0.5) is 10.5 Å². The molecule has 100 valence electrons. The van der Waals surface area contributed by atoms with Crippen molar-refractivity contribution in [2.24, 2.45) is 5.41 Å². The van der Waals surface area contributed by atoms with Gasteiger partial charge in [0.2, 0.25) is 5.91 Å². The molecular weight excluding hydrogens is 240 g/mol. The Labute approximate surface area is 112 Å². The molecule has 2 aliphatic rings. The number of anilines is 1. The lowest BCUT2D eigenvalue weighted by Crippen LogP contribution is -2.61. The first-order valence-corrected chi connectivity index (χ1v) is 6.90. The zero-order valence-corrected chi connectivity index (χ0v) is 10.9. The van der Waals surface area contributed by atoms with Crippen molar-refractivity contribution in [3.05, 3.63) is 30.3 Å². The van der Waals surface area contributed by atoms with E-state index >= 15 is 0 Å². The zero-order chi connectivity index (χ0) is 13.3. The first-order chi connectivity index (χ1) is 9.23. The molecule has 4 heteroatoms. The van der Waals surface area contributed by atoms with E-state index in [1.807, 2.05) is 18.2 Å². The van der Waals surface area contributed by atoms with Crippen molar-refractivity contribution < 1.29 is 9.59 Å². The fraction of sp³-hybridized carbons (Fsp3) is 0.467. The largest absolute Gasteiger partial charge is 0.336 e. The molecule has 1 saturated carbocycles. The summed E-state index contributed by atoms with van der Waals surface area (Å²) in [7, 11) is 0. The molecule has 1 heterocycles. The van der Waals surface area contributed by atoms with Gasteiger partial charge in [0.1, 0.15) is 0 Å². The lowest BCUT2D eigenvalue weighted by molar-refractivity contribution is -0.130. The van der Waals surface area contributed by atoms with Crippen molar-refractivity contribution in [3.8, 4) is 0 Å². The molecule has 0 unspecified atom stereocenters. The van der Waals surface area contributed by atoms with Crippen LogP contribution >= 0.6 is 0 Å². The van der Waals surface area contributed by atoms with Gasteiger partial charge in [0, 0.05) is 6.54 Å². The van der Waals surface area contributed by atoms with Crippen molar-refractivity contribution in [2.75, 3.05) is 11.4 Å². The number of hydrogen-bond donors (Lipinski definition) is 1. The summed E-state index contributed by atoms with van der Waals surface area (Å²) in [6.45, 7) is 0.494. The van der Waals surface area contributed by atoms with Crippen molar-refractivity contribution in [1.82, 2.24) is 5.32 Å². The summed E-state index contributed by atoms with van der Waals surface area (Å²) in [6, 6.07) is 8.88. The van der Waals surface area contributed by atoms with Crippen LogP contribution in [0.3, 0.4) is 0 Å². The van der Waals surface area contributed by atoms with Crippen LogP contribution in [-0.2, 0) is 4.79 Å². The summed E-state index contributed by atoms with van der Waals surface area (Å²) in [5.74, 6) is -0.0258. The highest BCUT2D eigenvalue weighted by molar-refractivity contribution is 6.18. The third kappa shape index (κ3) is 2.01. The number of nitrogens with one attached hydrogen (secondary N) is 1. The number of imide groups is 1. The van der Waals surface area contributed by atoms with Crippen LogP contribution in [0.2, 0.25) is 0 Å². The minimum Gasteiger partial charge on any atom is -0.336 e. The van der Waals surface area contributed by atoms with Gasteiger partial charge < -0.3 is 5.32 Å². The van der Waals surface area contributed by atoms with Crippen LogP contribution in [0, 0.1) is 5.41 Å². The molecule has 1 spiro atoms. The number of carbonyl (C=O) groups is 2. The lowest BCUT2D eigenvalue weighted by atomic mass is 9.72. The fourth-order valence-corrected chi connectivity index (χ4v) is 3.16. The van der Waals surface area contributed by atoms with Crippen molar-refractivity contribution in [2.45, 2.75) is 32.1 Å². The van der Waals surface area contributed by atoms with Gasteiger partial charge in [-0.2, -0.15) is 0 Å². The maximum atomic E-state index is 12.8. The van der Waals surface area contributed by atoms with E-state index in [-0.39, 0.29) is 17.4 Å². The number of nitrogens with zero attached hydrogens (tertiary/aromatic N) is 1. The molecule has 2 fully saturated rings. The van der Waals surface area contributed by atoms with Gasteiger partial charge in [-0.05, 0) is 25.0 Å². The van der Waals surface area contributed by atoms with Crippen molar-refractivity contribution in [1.29, 1.82) is 0 Å². The third-order valence-corrected chi connectivity index (χ3v) is 4.26. The summed E-state index contributed by atoms with van der Waals surface area (Å²) in [5.41, 5.74) is 0.289. The van der Waals surface area contributed by atoms with Crippen LogP contribution in [-0.4, -0.2) is 18.5 Å². The number of hydrogen-bond acceptors (Lipinski definition) is 2. The topological polar surface area (TPSA) is 49.4 Å². The average molecular weight is 258 g/mol. The van der Waals surface area contributed by atoms with Crippen LogP contribution < -0.4 is 10.2 Å². The molecule has 1 N–H and O–H groups in total. The van der Waals surface area contributed by atoms with E-state index in [9.17, 15) is 9.59 Å². The van der Waals surface area contributed by atoms with E-state index in [0.29, 0.717) is 12.2 Å². The van der Waals surface area contributed by atoms with Crippen LogP contribution in [0.1, 0.15) is 32.1 Å². The quantitative estimate of drug-likeness (QED) is 0.842. The number of amides is 3. The molecule has 19 heavy (non-hydrogen) atoms. The zero-order valence-electron chi connectivity index (χ0n) is 10.9. The van der Waals surface area contributed by atoms with Gasteiger partial charge in [-0.3, -0.25) is 4.79 Å². The van der Waals surface area contributed by atoms with Gasteiger partial charge in [-0.25, -0.2) is 9.69 Å². The second kappa shape index (κ2) is 4.68. The Hall–Kier alpha value is -1.84. The average Bonchev–Trinajstić information content (AvgIpc) is 2.46. The standard InChI is InChI=1S/C15H18N2O2/c18-13-15(9-5-2-6-10-15)11-16-14(19)17(13)12-7-3-1-4-8-12/h1,3-4,7-8H,2,5-6,9-11H2,(H,16,19). The predicted molar refractivity (Wildman–Crippen MR) is 72.8 cm³/mol. The van der Waals surface area contributed by atoms with Gasteiger partial charge in [-0.1, -0.05) is 37.5 Å². The van der Waals surface area contributed by atoms with E-state index in [2.05, 4.69) is 5.32 Å². The van der Waals surface area contributed by atoms with E-state index in [1.54, 1.807) is 12.1 Å². The number of rotatable bonds is 1. The normalized spacial score (nSPS) is 22.4. The smallest absolute Gasteiger partial charge is 0.328 e. The monoisotopic (exact) mass is 258 g/mol. The van der Waals surface area contributed by atoms with Crippen molar-refractivity contribution in [3.63, 3.8) is 0 Å². The van der Waals surface area contributed by atoms with Gasteiger partial charge >= 0.3 is 6.03 Å². The molecule has 1 aliphatic heterocycles. The second-order valence-electron chi connectivity index (χ2n) is 5.48. The predicted octanol–water partition coefficient (Wildman–Crippen LogP) is 2.69. The minimum absolute atomic E-state index is 0.0258. The molecule has 1 aromatic carbocycles. The Morgan fingerprint density at radius 2 is 1.68 bits per heavy atom. The first kappa shape index (κ1) is 12.2. The van der Waals surface area contributed by atoms with E-state index in [1.165, 1.54) is 11.3 Å². The summed E-state index contributed by atoms with van der Waals surface area (Å²) in [6.07, 6.45) is 5.10. The Morgan fingerprint density at radius 3 is 2.37 bits per heavy atom. The highest BCUT2D eigenvalue weighted by Gasteiger charge is 2.47. The number of para-hydroxylation sites is 1. The Balaban J connectivity index is 1.94.